The summed E-state index contributed by atoms with van der Waals surface area (Å²) in [5, 5.41) is 1.18. The van der Waals surface area contributed by atoms with E-state index in [0.29, 0.717) is 6.04 Å². The van der Waals surface area contributed by atoms with Crippen LogP contribution in [0, 0.1) is 0 Å². The van der Waals surface area contributed by atoms with Crippen LogP contribution < -0.4 is 0 Å². The van der Waals surface area contributed by atoms with Crippen molar-refractivity contribution in [3.05, 3.63) is 35.2 Å². The number of benzene rings is 1. The van der Waals surface area contributed by atoms with E-state index in [4.69, 9.17) is 0 Å². The number of likely N-dealkylation sites (tertiary alicyclic amines) is 1. The summed E-state index contributed by atoms with van der Waals surface area (Å²) in [4.78, 5) is 15.4. The summed E-state index contributed by atoms with van der Waals surface area (Å²) >= 11 is 1.61. The van der Waals surface area contributed by atoms with Crippen LogP contribution in [0.1, 0.15) is 35.9 Å². The fourth-order valence-electron chi connectivity index (χ4n) is 2.63. The van der Waals surface area contributed by atoms with E-state index >= 15 is 0 Å². The Bertz CT molecular complexity index is 542. The van der Waals surface area contributed by atoms with Gasteiger partial charge in [0.25, 0.3) is 5.91 Å². The van der Waals surface area contributed by atoms with Crippen molar-refractivity contribution in [2.24, 2.45) is 0 Å². The lowest BCUT2D eigenvalue weighted by Crippen LogP contribution is -2.41. The molecule has 2 heterocycles. The number of piperidine rings is 1. The van der Waals surface area contributed by atoms with Crippen LogP contribution in [0.2, 0.25) is 0 Å². The third-order valence-corrected chi connectivity index (χ3v) is 4.80. The topological polar surface area (TPSA) is 20.3 Å². The summed E-state index contributed by atoms with van der Waals surface area (Å²) in [6.07, 6.45) is 3.52. The van der Waals surface area contributed by atoms with Gasteiger partial charge in [-0.25, -0.2) is 0 Å². The van der Waals surface area contributed by atoms with E-state index in [9.17, 15) is 4.79 Å². The SMILES string of the molecule is CC1CCCCN1C(=O)c1cc2ccccc2s1. The minimum atomic E-state index is 0.211. The summed E-state index contributed by atoms with van der Waals surface area (Å²) in [6.45, 7) is 3.07. The Morgan fingerprint density at radius 3 is 2.94 bits per heavy atom. The van der Waals surface area contributed by atoms with Crippen molar-refractivity contribution in [2.45, 2.75) is 32.2 Å². The Morgan fingerprint density at radius 1 is 1.33 bits per heavy atom. The fourth-order valence-corrected chi connectivity index (χ4v) is 3.65. The number of hydrogen-bond acceptors (Lipinski definition) is 2. The molecule has 0 N–H and O–H groups in total. The first-order valence-electron chi connectivity index (χ1n) is 6.55. The molecular weight excluding hydrogens is 242 g/mol. The molecular formula is C15H17NOS. The van der Waals surface area contributed by atoms with Crippen LogP contribution >= 0.6 is 11.3 Å². The molecule has 0 radical (unpaired) electrons. The number of nitrogens with zero attached hydrogens (tertiary/aromatic N) is 1. The van der Waals surface area contributed by atoms with Gasteiger partial charge in [-0.3, -0.25) is 4.79 Å². The normalized spacial score (nSPS) is 20.3. The monoisotopic (exact) mass is 259 g/mol. The molecule has 18 heavy (non-hydrogen) atoms. The molecule has 3 heteroatoms. The average molecular weight is 259 g/mol. The molecule has 1 atom stereocenters. The average Bonchev–Trinajstić information content (AvgIpc) is 2.82. The molecule has 1 aromatic heterocycles. The number of thiophene rings is 1. The maximum Gasteiger partial charge on any atom is 0.264 e. The Morgan fingerprint density at radius 2 is 2.17 bits per heavy atom. The number of carbonyl (C=O) groups is 1. The molecule has 94 valence electrons. The second kappa shape index (κ2) is 4.73. The van der Waals surface area contributed by atoms with Gasteiger partial charge < -0.3 is 4.90 Å². The van der Waals surface area contributed by atoms with E-state index in [1.54, 1.807) is 11.3 Å². The van der Waals surface area contributed by atoms with E-state index in [1.165, 1.54) is 16.5 Å². The number of amides is 1. The van der Waals surface area contributed by atoms with Crippen molar-refractivity contribution < 1.29 is 4.79 Å². The smallest absolute Gasteiger partial charge is 0.264 e. The van der Waals surface area contributed by atoms with Crippen LogP contribution in [0.25, 0.3) is 10.1 Å². The number of rotatable bonds is 1. The highest BCUT2D eigenvalue weighted by Crippen LogP contribution is 2.28. The van der Waals surface area contributed by atoms with Crippen molar-refractivity contribution in [1.29, 1.82) is 0 Å². The van der Waals surface area contributed by atoms with E-state index < -0.39 is 0 Å². The van der Waals surface area contributed by atoms with Crippen LogP contribution in [0.4, 0.5) is 0 Å². The zero-order valence-electron chi connectivity index (χ0n) is 10.6. The van der Waals surface area contributed by atoms with Crippen molar-refractivity contribution in [2.75, 3.05) is 6.54 Å². The van der Waals surface area contributed by atoms with Gasteiger partial charge in [-0.1, -0.05) is 18.2 Å². The lowest BCUT2D eigenvalue weighted by molar-refractivity contribution is 0.0641. The van der Waals surface area contributed by atoms with Gasteiger partial charge >= 0.3 is 0 Å². The Hall–Kier alpha value is -1.35. The predicted octanol–water partition coefficient (Wildman–Crippen LogP) is 3.92. The maximum atomic E-state index is 12.5. The Kier molecular flexibility index (Phi) is 3.08. The quantitative estimate of drug-likeness (QED) is 0.760. The van der Waals surface area contributed by atoms with Gasteiger partial charge in [-0.15, -0.1) is 11.3 Å². The van der Waals surface area contributed by atoms with Crippen molar-refractivity contribution >= 4 is 27.3 Å². The lowest BCUT2D eigenvalue weighted by atomic mass is 10.0. The molecule has 0 bridgehead atoms. The summed E-state index contributed by atoms with van der Waals surface area (Å²) in [6, 6.07) is 10.6. The van der Waals surface area contributed by atoms with Crippen LogP contribution in [0.3, 0.4) is 0 Å². The molecule has 2 aromatic rings. The molecule has 0 saturated carbocycles. The van der Waals surface area contributed by atoms with Gasteiger partial charge in [0.05, 0.1) is 4.88 Å². The molecule has 2 nitrogen and oxygen atoms in total. The molecule has 0 spiro atoms. The lowest BCUT2D eigenvalue weighted by Gasteiger charge is -2.33. The maximum absolute atomic E-state index is 12.5. The minimum absolute atomic E-state index is 0.211. The van der Waals surface area contributed by atoms with Gasteiger partial charge in [-0.05, 0) is 43.7 Å². The Balaban J connectivity index is 1.91. The third kappa shape index (κ3) is 2.03. The summed E-state index contributed by atoms with van der Waals surface area (Å²) in [5.41, 5.74) is 0. The highest BCUT2D eigenvalue weighted by Gasteiger charge is 2.25. The molecule has 1 amide bonds. The number of hydrogen-bond donors (Lipinski definition) is 0. The van der Waals surface area contributed by atoms with Crippen LogP contribution in [0.5, 0.6) is 0 Å². The zero-order valence-corrected chi connectivity index (χ0v) is 11.4. The van der Waals surface area contributed by atoms with Gasteiger partial charge in [0, 0.05) is 17.3 Å². The van der Waals surface area contributed by atoms with Gasteiger partial charge in [0.2, 0.25) is 0 Å². The van der Waals surface area contributed by atoms with Crippen LogP contribution in [0.15, 0.2) is 30.3 Å². The molecule has 1 aliphatic rings. The van der Waals surface area contributed by atoms with Crippen molar-refractivity contribution in [1.82, 2.24) is 4.90 Å². The van der Waals surface area contributed by atoms with Crippen molar-refractivity contribution in [3.63, 3.8) is 0 Å². The second-order valence-electron chi connectivity index (χ2n) is 4.99. The molecule has 1 saturated heterocycles. The summed E-state index contributed by atoms with van der Waals surface area (Å²) in [7, 11) is 0. The molecule has 1 aromatic carbocycles. The number of carbonyl (C=O) groups excluding carboxylic acids is 1. The first-order valence-corrected chi connectivity index (χ1v) is 7.37. The summed E-state index contributed by atoms with van der Waals surface area (Å²) in [5.74, 6) is 0.211. The predicted molar refractivity (Wildman–Crippen MR) is 76.2 cm³/mol. The Labute approximate surface area is 111 Å². The first-order chi connectivity index (χ1) is 8.75. The molecule has 1 aliphatic heterocycles. The largest absolute Gasteiger partial charge is 0.335 e. The third-order valence-electron chi connectivity index (χ3n) is 3.70. The molecule has 1 unspecified atom stereocenters. The molecule has 3 rings (SSSR count). The van der Waals surface area contributed by atoms with E-state index in [-0.39, 0.29) is 5.91 Å². The van der Waals surface area contributed by atoms with Crippen LogP contribution in [-0.4, -0.2) is 23.4 Å². The molecule has 0 aliphatic carbocycles. The zero-order chi connectivity index (χ0) is 12.5. The standard InChI is InChI=1S/C15H17NOS/c1-11-6-4-5-9-16(11)15(17)14-10-12-7-2-3-8-13(12)18-14/h2-3,7-8,10-11H,4-6,9H2,1H3. The highest BCUT2D eigenvalue weighted by molar-refractivity contribution is 7.20. The van der Waals surface area contributed by atoms with Crippen molar-refractivity contribution in [3.8, 4) is 0 Å². The summed E-state index contributed by atoms with van der Waals surface area (Å²) < 4.78 is 1.20. The van der Waals surface area contributed by atoms with Crippen LogP contribution in [-0.2, 0) is 0 Å². The van der Waals surface area contributed by atoms with Gasteiger partial charge in [-0.2, -0.15) is 0 Å². The van der Waals surface area contributed by atoms with E-state index in [1.807, 2.05) is 23.1 Å². The second-order valence-corrected chi connectivity index (χ2v) is 6.08. The van der Waals surface area contributed by atoms with Gasteiger partial charge in [0.15, 0.2) is 0 Å². The first kappa shape index (κ1) is 11.7. The minimum Gasteiger partial charge on any atom is -0.335 e. The highest BCUT2D eigenvalue weighted by atomic mass is 32.1. The van der Waals surface area contributed by atoms with E-state index in [0.717, 1.165) is 24.3 Å². The fraction of sp³-hybridized carbons (Fsp3) is 0.400. The van der Waals surface area contributed by atoms with E-state index in [2.05, 4.69) is 19.1 Å². The molecule has 1 fully saturated rings. The van der Waals surface area contributed by atoms with Gasteiger partial charge in [0.1, 0.15) is 0 Å². The number of fused-ring (bicyclic) bond motifs is 1.